The van der Waals surface area contributed by atoms with Crippen molar-refractivity contribution in [2.24, 2.45) is 11.7 Å². The van der Waals surface area contributed by atoms with E-state index in [4.69, 9.17) is 5.73 Å². The minimum Gasteiger partial charge on any atom is -0.468 e. The third-order valence-electron chi connectivity index (χ3n) is 2.07. The van der Waals surface area contributed by atoms with Crippen molar-refractivity contribution in [3.63, 3.8) is 0 Å². The summed E-state index contributed by atoms with van der Waals surface area (Å²) in [6, 6.07) is -0.434. The molecule has 1 saturated heterocycles. The molecule has 0 aliphatic carbocycles. The van der Waals surface area contributed by atoms with E-state index < -0.39 is 6.04 Å². The molecule has 1 atom stereocenters. The topological polar surface area (TPSA) is 55.6 Å². The van der Waals surface area contributed by atoms with Crippen molar-refractivity contribution in [1.29, 1.82) is 0 Å². The van der Waals surface area contributed by atoms with Gasteiger partial charge in [-0.25, -0.2) is 0 Å². The first-order valence-corrected chi connectivity index (χ1v) is 3.67. The Morgan fingerprint density at radius 1 is 1.73 bits per heavy atom. The zero-order valence-corrected chi connectivity index (χ0v) is 6.91. The maximum atomic E-state index is 10.9. The van der Waals surface area contributed by atoms with Crippen LogP contribution in [0.25, 0.3) is 0 Å². The zero-order chi connectivity index (χ0) is 8.43. The van der Waals surface area contributed by atoms with Crippen LogP contribution in [0.4, 0.5) is 0 Å². The summed E-state index contributed by atoms with van der Waals surface area (Å²) >= 11 is 0. The Balaban J connectivity index is 2.31. The van der Waals surface area contributed by atoms with Crippen molar-refractivity contribution in [2.75, 3.05) is 27.2 Å². The number of esters is 1. The quantitative estimate of drug-likeness (QED) is 0.526. The Labute approximate surface area is 66.3 Å². The molecule has 1 aliphatic rings. The molecule has 1 aliphatic heterocycles. The fraction of sp³-hybridized carbons (Fsp3) is 0.857. The normalized spacial score (nSPS) is 22.5. The number of carbonyl (C=O) groups is 1. The fourth-order valence-electron chi connectivity index (χ4n) is 1.30. The molecule has 0 spiro atoms. The van der Waals surface area contributed by atoms with Gasteiger partial charge in [0, 0.05) is 19.0 Å². The number of carbonyl (C=O) groups excluding carboxylic acids is 1. The van der Waals surface area contributed by atoms with Crippen LogP contribution in [0.5, 0.6) is 0 Å². The summed E-state index contributed by atoms with van der Waals surface area (Å²) in [7, 11) is 3.37. The maximum absolute atomic E-state index is 10.9. The van der Waals surface area contributed by atoms with Gasteiger partial charge in [0.15, 0.2) is 0 Å². The third-order valence-corrected chi connectivity index (χ3v) is 2.07. The van der Waals surface area contributed by atoms with Crippen molar-refractivity contribution in [1.82, 2.24) is 4.90 Å². The molecule has 0 saturated carbocycles. The van der Waals surface area contributed by atoms with Gasteiger partial charge in [0.05, 0.1) is 7.11 Å². The van der Waals surface area contributed by atoms with E-state index in [9.17, 15) is 4.79 Å². The highest BCUT2D eigenvalue weighted by molar-refractivity contribution is 5.75. The predicted octanol–water partition coefficient (Wildman–Crippen LogP) is -0.952. The second-order valence-electron chi connectivity index (χ2n) is 3.03. The second kappa shape index (κ2) is 3.19. The summed E-state index contributed by atoms with van der Waals surface area (Å²) in [6.45, 7) is 1.80. The smallest absolute Gasteiger partial charge is 0.323 e. The summed E-state index contributed by atoms with van der Waals surface area (Å²) in [4.78, 5) is 13.0. The van der Waals surface area contributed by atoms with E-state index in [-0.39, 0.29) is 11.9 Å². The van der Waals surface area contributed by atoms with E-state index in [1.54, 1.807) is 0 Å². The molecule has 1 rings (SSSR count). The van der Waals surface area contributed by atoms with Crippen molar-refractivity contribution in [3.05, 3.63) is 0 Å². The first-order chi connectivity index (χ1) is 5.15. The Kier molecular flexibility index (Phi) is 2.46. The largest absolute Gasteiger partial charge is 0.468 e. The third kappa shape index (κ3) is 1.70. The molecule has 11 heavy (non-hydrogen) atoms. The van der Waals surface area contributed by atoms with Gasteiger partial charge in [0.2, 0.25) is 0 Å². The monoisotopic (exact) mass is 158 g/mol. The van der Waals surface area contributed by atoms with E-state index in [0.717, 1.165) is 13.1 Å². The first-order valence-electron chi connectivity index (χ1n) is 3.67. The standard InChI is InChI=1S/C7H14N2O2/c1-9-3-5(4-9)6(8)7(10)11-2/h5-6H,3-4,8H2,1-2H3. The molecule has 0 aromatic carbocycles. The van der Waals surface area contributed by atoms with Gasteiger partial charge in [-0.15, -0.1) is 0 Å². The van der Waals surface area contributed by atoms with Gasteiger partial charge >= 0.3 is 5.97 Å². The van der Waals surface area contributed by atoms with Gasteiger partial charge in [0.25, 0.3) is 0 Å². The molecule has 0 aromatic rings. The number of ether oxygens (including phenoxy) is 1. The van der Waals surface area contributed by atoms with E-state index in [1.807, 2.05) is 7.05 Å². The van der Waals surface area contributed by atoms with Crippen molar-refractivity contribution in [2.45, 2.75) is 6.04 Å². The summed E-state index contributed by atoms with van der Waals surface area (Å²) in [5.41, 5.74) is 5.59. The zero-order valence-electron chi connectivity index (χ0n) is 6.91. The van der Waals surface area contributed by atoms with E-state index >= 15 is 0 Å². The van der Waals surface area contributed by atoms with Gasteiger partial charge in [0.1, 0.15) is 6.04 Å². The van der Waals surface area contributed by atoms with Crippen LogP contribution in [-0.4, -0.2) is 44.2 Å². The highest BCUT2D eigenvalue weighted by atomic mass is 16.5. The first kappa shape index (κ1) is 8.49. The van der Waals surface area contributed by atoms with Crippen LogP contribution >= 0.6 is 0 Å². The Morgan fingerprint density at radius 3 is 2.64 bits per heavy atom. The molecule has 0 radical (unpaired) electrons. The summed E-state index contributed by atoms with van der Waals surface area (Å²) in [5.74, 6) is -0.0180. The molecule has 64 valence electrons. The summed E-state index contributed by atoms with van der Waals surface area (Å²) in [5, 5.41) is 0. The van der Waals surface area contributed by atoms with Crippen LogP contribution in [0.2, 0.25) is 0 Å². The number of methoxy groups -OCH3 is 1. The SMILES string of the molecule is COC(=O)C(N)C1CN(C)C1. The molecular weight excluding hydrogens is 144 g/mol. The van der Waals surface area contributed by atoms with Crippen LogP contribution in [0.3, 0.4) is 0 Å². The van der Waals surface area contributed by atoms with E-state index in [0.29, 0.717) is 0 Å². The lowest BCUT2D eigenvalue weighted by Gasteiger charge is -2.38. The molecule has 2 N–H and O–H groups in total. The van der Waals surface area contributed by atoms with Gasteiger partial charge < -0.3 is 15.4 Å². The number of nitrogens with zero attached hydrogens (tertiary/aromatic N) is 1. The molecule has 1 unspecified atom stereocenters. The van der Waals surface area contributed by atoms with Gasteiger partial charge in [-0.05, 0) is 7.05 Å². The second-order valence-corrected chi connectivity index (χ2v) is 3.03. The van der Waals surface area contributed by atoms with Crippen LogP contribution < -0.4 is 5.73 Å². The number of nitrogens with two attached hydrogens (primary N) is 1. The Morgan fingerprint density at radius 2 is 2.27 bits per heavy atom. The number of rotatable bonds is 2. The number of hydrogen-bond donors (Lipinski definition) is 1. The summed E-state index contributed by atoms with van der Waals surface area (Å²) < 4.78 is 4.52. The van der Waals surface area contributed by atoms with Crippen LogP contribution in [-0.2, 0) is 9.53 Å². The molecule has 0 amide bonds. The van der Waals surface area contributed by atoms with Crippen molar-refractivity contribution < 1.29 is 9.53 Å². The van der Waals surface area contributed by atoms with E-state index in [1.165, 1.54) is 7.11 Å². The van der Waals surface area contributed by atoms with Crippen LogP contribution in [0, 0.1) is 5.92 Å². The lowest BCUT2D eigenvalue weighted by molar-refractivity contribution is -0.145. The van der Waals surface area contributed by atoms with Crippen LogP contribution in [0.1, 0.15) is 0 Å². The Hall–Kier alpha value is -0.610. The van der Waals surface area contributed by atoms with Gasteiger partial charge in [-0.1, -0.05) is 0 Å². The average molecular weight is 158 g/mol. The maximum Gasteiger partial charge on any atom is 0.323 e. The molecule has 1 fully saturated rings. The Bertz CT molecular complexity index is 155. The molecule has 1 heterocycles. The molecular formula is C7H14N2O2. The van der Waals surface area contributed by atoms with Gasteiger partial charge in [-0.2, -0.15) is 0 Å². The summed E-state index contributed by atoms with van der Waals surface area (Å²) in [6.07, 6.45) is 0. The minimum atomic E-state index is -0.434. The molecule has 0 bridgehead atoms. The van der Waals surface area contributed by atoms with Gasteiger partial charge in [-0.3, -0.25) is 4.79 Å². The fourth-order valence-corrected chi connectivity index (χ4v) is 1.30. The van der Waals surface area contributed by atoms with Crippen LogP contribution in [0.15, 0.2) is 0 Å². The number of likely N-dealkylation sites (tertiary alicyclic amines) is 1. The number of hydrogen-bond acceptors (Lipinski definition) is 4. The molecule has 4 heteroatoms. The molecule has 4 nitrogen and oxygen atoms in total. The minimum absolute atomic E-state index is 0.285. The predicted molar refractivity (Wildman–Crippen MR) is 41.0 cm³/mol. The van der Waals surface area contributed by atoms with Crippen molar-refractivity contribution in [3.8, 4) is 0 Å². The highest BCUT2D eigenvalue weighted by Crippen LogP contribution is 2.16. The average Bonchev–Trinajstić information content (AvgIpc) is 1.96. The van der Waals surface area contributed by atoms with Crippen molar-refractivity contribution >= 4 is 5.97 Å². The lowest BCUT2D eigenvalue weighted by Crippen LogP contribution is -2.55. The van der Waals surface area contributed by atoms with E-state index in [2.05, 4.69) is 9.64 Å². The molecule has 0 aromatic heterocycles. The highest BCUT2D eigenvalue weighted by Gasteiger charge is 2.33. The lowest BCUT2D eigenvalue weighted by atomic mass is 9.93.